The number of benzene rings is 3. The monoisotopic (exact) mass is 627 g/mol. The van der Waals surface area contributed by atoms with E-state index < -0.39 is 11.6 Å². The Morgan fingerprint density at radius 3 is 1.97 bits per heavy atom. The van der Waals surface area contributed by atoms with Crippen molar-refractivity contribution in [2.75, 3.05) is 0 Å². The van der Waals surface area contributed by atoms with Crippen LogP contribution in [0.2, 0.25) is 0 Å². The van der Waals surface area contributed by atoms with Gasteiger partial charge in [-0.1, -0.05) is 54.6 Å². The molecule has 2 aromatic heterocycles. The van der Waals surface area contributed by atoms with Gasteiger partial charge in [-0.15, -0.1) is 59.7 Å². The second-order valence-electron chi connectivity index (χ2n) is 7.33. The molecule has 0 fully saturated rings. The Morgan fingerprint density at radius 2 is 1.35 bits per heavy atom. The van der Waals surface area contributed by atoms with Crippen molar-refractivity contribution in [2.24, 2.45) is 0 Å². The zero-order chi connectivity index (χ0) is 23.0. The van der Waals surface area contributed by atoms with Crippen molar-refractivity contribution in [3.05, 3.63) is 133 Å². The predicted molar refractivity (Wildman–Crippen MR) is 127 cm³/mol. The largest absolute Gasteiger partial charge is 0.304 e. The van der Waals surface area contributed by atoms with Crippen LogP contribution >= 0.6 is 0 Å². The minimum Gasteiger partial charge on any atom is -0.304 e. The number of hydrogen-bond acceptors (Lipinski definition) is 2. The Morgan fingerprint density at radius 1 is 0.647 bits per heavy atom. The van der Waals surface area contributed by atoms with E-state index in [1.165, 1.54) is 11.6 Å². The second kappa shape index (κ2) is 12.1. The van der Waals surface area contributed by atoms with Gasteiger partial charge in [0, 0.05) is 32.5 Å². The number of aryl methyl sites for hydroxylation is 1. The Bertz CT molecular complexity index is 1250. The molecule has 2 heterocycles. The summed E-state index contributed by atoms with van der Waals surface area (Å²) in [4.78, 5) is 8.59. The summed E-state index contributed by atoms with van der Waals surface area (Å²) in [5.41, 5.74) is 6.35. The van der Waals surface area contributed by atoms with Crippen molar-refractivity contribution in [2.45, 2.75) is 6.92 Å². The molecular weight excluding hydrogens is 607 g/mol. The molecule has 0 saturated carbocycles. The fourth-order valence-corrected chi connectivity index (χ4v) is 3.13. The topological polar surface area (TPSA) is 25.8 Å². The molecule has 5 heteroatoms. The zero-order valence-corrected chi connectivity index (χ0v) is 20.7. The summed E-state index contributed by atoms with van der Waals surface area (Å²) < 4.78 is 25.5. The summed E-state index contributed by atoms with van der Waals surface area (Å²) >= 11 is 0. The fraction of sp³-hybridized carbons (Fsp3) is 0.0345. The van der Waals surface area contributed by atoms with E-state index >= 15 is 0 Å². The van der Waals surface area contributed by atoms with Gasteiger partial charge < -0.3 is 9.97 Å². The molecule has 0 spiro atoms. The van der Waals surface area contributed by atoms with Gasteiger partial charge in [0.15, 0.2) is 0 Å². The first-order chi connectivity index (χ1) is 16.1. The molecule has 0 amide bonds. The summed E-state index contributed by atoms with van der Waals surface area (Å²) in [6, 6.07) is 33.9. The molecular formula is C29H20F2IrN2-2. The van der Waals surface area contributed by atoms with E-state index in [2.05, 4.69) is 40.3 Å². The standard InChI is InChI=1S/C17H12N.C12H8F2N.Ir/c1-3-7-14(8-4-1)16-11-12-17(18-13-16)15-9-5-2-6-10-15;1-8-2-5-12(15-7-8)9-3-4-10(13)11(14)6-9;/h1-9,11-13H;2-5,7H,1H3;/q2*-1;. The van der Waals surface area contributed by atoms with E-state index in [0.717, 1.165) is 28.5 Å². The maximum absolute atomic E-state index is 12.9. The first-order valence-electron chi connectivity index (χ1n) is 10.4. The van der Waals surface area contributed by atoms with E-state index in [0.29, 0.717) is 11.3 Å². The molecule has 0 bridgehead atoms. The van der Waals surface area contributed by atoms with Crippen LogP contribution in [0.1, 0.15) is 5.56 Å². The van der Waals surface area contributed by atoms with E-state index in [-0.39, 0.29) is 20.1 Å². The van der Waals surface area contributed by atoms with Crippen molar-refractivity contribution in [3.8, 4) is 33.6 Å². The van der Waals surface area contributed by atoms with Crippen molar-refractivity contribution in [1.29, 1.82) is 0 Å². The Kier molecular flexibility index (Phi) is 8.92. The summed E-state index contributed by atoms with van der Waals surface area (Å²) in [6.45, 7) is 1.91. The molecule has 0 saturated heterocycles. The van der Waals surface area contributed by atoms with Crippen LogP contribution in [0, 0.1) is 30.7 Å². The summed E-state index contributed by atoms with van der Waals surface area (Å²) in [7, 11) is 0. The maximum Gasteiger partial charge on any atom is 0.0751 e. The number of nitrogens with zero attached hydrogens (tertiary/aromatic N) is 2. The molecule has 171 valence electrons. The van der Waals surface area contributed by atoms with Gasteiger partial charge in [0.1, 0.15) is 0 Å². The van der Waals surface area contributed by atoms with Crippen LogP contribution in [0.15, 0.2) is 103 Å². The van der Waals surface area contributed by atoms with Crippen molar-refractivity contribution in [3.63, 3.8) is 0 Å². The van der Waals surface area contributed by atoms with Gasteiger partial charge >= 0.3 is 0 Å². The van der Waals surface area contributed by atoms with Crippen LogP contribution in [0.4, 0.5) is 8.78 Å². The summed E-state index contributed by atoms with van der Waals surface area (Å²) in [6.07, 6.45) is 3.58. The normalized spacial score (nSPS) is 9.97. The molecule has 5 rings (SSSR count). The quantitative estimate of drug-likeness (QED) is 0.196. The Hall–Kier alpha value is -3.53. The minimum absolute atomic E-state index is 0. The third kappa shape index (κ3) is 6.50. The number of pyridine rings is 2. The second-order valence-corrected chi connectivity index (χ2v) is 7.33. The van der Waals surface area contributed by atoms with Crippen LogP contribution in [0.25, 0.3) is 33.6 Å². The van der Waals surface area contributed by atoms with Crippen LogP contribution < -0.4 is 0 Å². The molecule has 0 N–H and O–H groups in total. The van der Waals surface area contributed by atoms with E-state index in [4.69, 9.17) is 0 Å². The third-order valence-electron chi connectivity index (χ3n) is 4.89. The van der Waals surface area contributed by atoms with Crippen LogP contribution in [-0.2, 0) is 20.1 Å². The molecule has 0 aliphatic carbocycles. The van der Waals surface area contributed by atoms with Crippen molar-refractivity contribution in [1.82, 2.24) is 9.97 Å². The van der Waals surface area contributed by atoms with Gasteiger partial charge in [-0.3, -0.25) is 4.39 Å². The number of rotatable bonds is 3. The van der Waals surface area contributed by atoms with Gasteiger partial charge in [0.25, 0.3) is 0 Å². The molecule has 0 aliphatic heterocycles. The average Bonchev–Trinajstić information content (AvgIpc) is 2.88. The Balaban J connectivity index is 0.000000188. The zero-order valence-electron chi connectivity index (χ0n) is 18.3. The van der Waals surface area contributed by atoms with Crippen LogP contribution in [0.5, 0.6) is 0 Å². The molecule has 1 radical (unpaired) electrons. The average molecular weight is 627 g/mol. The molecule has 2 nitrogen and oxygen atoms in total. The molecule has 34 heavy (non-hydrogen) atoms. The molecule has 0 atom stereocenters. The van der Waals surface area contributed by atoms with E-state index in [9.17, 15) is 8.78 Å². The van der Waals surface area contributed by atoms with Gasteiger partial charge in [0.2, 0.25) is 0 Å². The van der Waals surface area contributed by atoms with Gasteiger partial charge in [-0.2, -0.15) is 0 Å². The number of aromatic nitrogens is 2. The third-order valence-corrected chi connectivity index (χ3v) is 4.89. The van der Waals surface area contributed by atoms with Gasteiger partial charge in [0.05, 0.1) is 11.6 Å². The van der Waals surface area contributed by atoms with Crippen molar-refractivity contribution >= 4 is 0 Å². The maximum atomic E-state index is 12.9. The van der Waals surface area contributed by atoms with Crippen LogP contribution in [-0.4, -0.2) is 9.97 Å². The van der Waals surface area contributed by atoms with Gasteiger partial charge in [-0.05, 0) is 35.0 Å². The first-order valence-corrected chi connectivity index (χ1v) is 10.4. The smallest absolute Gasteiger partial charge is 0.0751 e. The molecule has 0 aliphatic rings. The Labute approximate surface area is 211 Å². The van der Waals surface area contributed by atoms with Gasteiger partial charge in [-0.25, -0.2) is 4.39 Å². The van der Waals surface area contributed by atoms with Crippen LogP contribution in [0.3, 0.4) is 0 Å². The number of hydrogen-bond donors (Lipinski definition) is 0. The first kappa shape index (κ1) is 25.1. The fourth-order valence-electron chi connectivity index (χ4n) is 3.13. The molecule has 3 aromatic carbocycles. The predicted octanol–water partition coefficient (Wildman–Crippen LogP) is 7.35. The number of halogens is 2. The van der Waals surface area contributed by atoms with Crippen molar-refractivity contribution < 1.29 is 28.9 Å². The minimum atomic E-state index is -0.977. The molecule has 0 unspecified atom stereocenters. The van der Waals surface area contributed by atoms with E-state index in [1.54, 1.807) is 12.3 Å². The SMILES string of the molecule is Cc1ccc(-c2[c-]c(F)c(F)cc2)nc1.[Ir].[c-]1ccccc1-c1ccc(-c2ccccc2)cn1. The summed E-state index contributed by atoms with van der Waals surface area (Å²) in [5.74, 6) is -1.87. The van der Waals surface area contributed by atoms with E-state index in [1.807, 2.05) is 67.7 Å². The summed E-state index contributed by atoms with van der Waals surface area (Å²) in [5, 5.41) is 0. The molecule has 5 aromatic rings.